The summed E-state index contributed by atoms with van der Waals surface area (Å²) < 4.78 is 0. The molecular formula is C23H23N3O2. The molecule has 0 bridgehead atoms. The largest absolute Gasteiger partial charge is 0.344 e. The molecular weight excluding hydrogens is 350 g/mol. The Morgan fingerprint density at radius 2 is 1.50 bits per heavy atom. The van der Waals surface area contributed by atoms with Crippen molar-refractivity contribution in [1.82, 2.24) is 10.3 Å². The maximum absolute atomic E-state index is 12.5. The van der Waals surface area contributed by atoms with Gasteiger partial charge in [0.05, 0.1) is 6.04 Å². The Bertz CT molecular complexity index is 1000. The van der Waals surface area contributed by atoms with E-state index in [1.54, 1.807) is 18.2 Å². The molecule has 0 spiro atoms. The first-order valence-corrected chi connectivity index (χ1v) is 9.15. The van der Waals surface area contributed by atoms with E-state index >= 15 is 0 Å². The second-order valence-corrected chi connectivity index (χ2v) is 6.77. The molecule has 142 valence electrons. The van der Waals surface area contributed by atoms with Gasteiger partial charge in [0.2, 0.25) is 0 Å². The van der Waals surface area contributed by atoms with Crippen molar-refractivity contribution in [2.75, 3.05) is 5.32 Å². The zero-order chi connectivity index (χ0) is 20.1. The number of carbonyl (C=O) groups excluding carboxylic acids is 2. The van der Waals surface area contributed by atoms with Crippen molar-refractivity contribution < 1.29 is 9.59 Å². The summed E-state index contributed by atoms with van der Waals surface area (Å²) in [6, 6.07) is 20.1. The molecule has 5 nitrogen and oxygen atoms in total. The van der Waals surface area contributed by atoms with Gasteiger partial charge in [0.15, 0.2) is 0 Å². The third kappa shape index (κ3) is 4.62. The Morgan fingerprint density at radius 1 is 0.821 bits per heavy atom. The lowest BCUT2D eigenvalue weighted by Crippen LogP contribution is -2.28. The van der Waals surface area contributed by atoms with Crippen LogP contribution in [-0.4, -0.2) is 16.8 Å². The van der Waals surface area contributed by atoms with Crippen LogP contribution in [-0.2, 0) is 0 Å². The number of nitrogens with one attached hydrogen (secondary N) is 2. The molecule has 3 aromatic rings. The van der Waals surface area contributed by atoms with Gasteiger partial charge in [-0.1, -0.05) is 42.5 Å². The second-order valence-electron chi connectivity index (χ2n) is 6.77. The average Bonchev–Trinajstić information content (AvgIpc) is 2.71. The number of anilines is 1. The van der Waals surface area contributed by atoms with E-state index in [4.69, 9.17) is 0 Å². The van der Waals surface area contributed by atoms with E-state index < -0.39 is 0 Å². The predicted octanol–water partition coefficient (Wildman–Crippen LogP) is 4.44. The van der Waals surface area contributed by atoms with Crippen molar-refractivity contribution in [2.45, 2.75) is 26.8 Å². The van der Waals surface area contributed by atoms with E-state index in [1.807, 2.05) is 69.3 Å². The molecule has 3 rings (SSSR count). The molecule has 0 aliphatic heterocycles. The zero-order valence-electron chi connectivity index (χ0n) is 16.2. The number of pyridine rings is 1. The minimum absolute atomic E-state index is 0.163. The Balaban J connectivity index is 1.71. The van der Waals surface area contributed by atoms with E-state index in [9.17, 15) is 9.59 Å². The van der Waals surface area contributed by atoms with Gasteiger partial charge in [-0.3, -0.25) is 9.59 Å². The molecule has 0 aliphatic carbocycles. The van der Waals surface area contributed by atoms with Gasteiger partial charge in [0.25, 0.3) is 11.8 Å². The van der Waals surface area contributed by atoms with Gasteiger partial charge in [-0.25, -0.2) is 4.98 Å². The highest BCUT2D eigenvalue weighted by atomic mass is 16.2. The predicted molar refractivity (Wildman–Crippen MR) is 110 cm³/mol. The number of aryl methyl sites for hydroxylation is 2. The highest BCUT2D eigenvalue weighted by Crippen LogP contribution is 2.15. The van der Waals surface area contributed by atoms with Gasteiger partial charge in [0.1, 0.15) is 11.4 Å². The standard InChI is InChI=1S/C23H23N3O2/c1-15-12-13-19(14-16(15)2)25-23(28)21-11-7-10-20(26-21)22(27)24-17(3)18-8-5-4-6-9-18/h4-14,17H,1-3H3,(H,24,27)(H,25,28). The van der Waals surface area contributed by atoms with Crippen molar-refractivity contribution in [3.8, 4) is 0 Å². The maximum atomic E-state index is 12.5. The number of aromatic nitrogens is 1. The topological polar surface area (TPSA) is 71.1 Å². The molecule has 0 saturated heterocycles. The van der Waals surface area contributed by atoms with Gasteiger partial charge >= 0.3 is 0 Å². The van der Waals surface area contributed by atoms with Gasteiger partial charge in [-0.05, 0) is 61.7 Å². The summed E-state index contributed by atoms with van der Waals surface area (Å²) >= 11 is 0. The van der Waals surface area contributed by atoms with Gasteiger partial charge in [-0.15, -0.1) is 0 Å². The van der Waals surface area contributed by atoms with E-state index in [2.05, 4.69) is 15.6 Å². The molecule has 0 fully saturated rings. The van der Waals surface area contributed by atoms with Crippen LogP contribution in [0.5, 0.6) is 0 Å². The monoisotopic (exact) mass is 373 g/mol. The second kappa shape index (κ2) is 8.48. The Morgan fingerprint density at radius 3 is 2.18 bits per heavy atom. The van der Waals surface area contributed by atoms with Crippen LogP contribution >= 0.6 is 0 Å². The van der Waals surface area contributed by atoms with Crippen molar-refractivity contribution in [1.29, 1.82) is 0 Å². The summed E-state index contributed by atoms with van der Waals surface area (Å²) in [6.45, 7) is 5.91. The minimum Gasteiger partial charge on any atom is -0.344 e. The summed E-state index contributed by atoms with van der Waals surface area (Å²) in [7, 11) is 0. The third-order valence-electron chi connectivity index (χ3n) is 4.63. The minimum atomic E-state index is -0.353. The highest BCUT2D eigenvalue weighted by molar-refractivity contribution is 6.03. The lowest BCUT2D eigenvalue weighted by Gasteiger charge is -2.14. The molecule has 2 amide bonds. The maximum Gasteiger partial charge on any atom is 0.274 e. The van der Waals surface area contributed by atoms with Crippen LogP contribution in [0.2, 0.25) is 0 Å². The SMILES string of the molecule is Cc1ccc(NC(=O)c2cccc(C(=O)NC(C)c3ccccc3)n2)cc1C. The molecule has 1 heterocycles. The van der Waals surface area contributed by atoms with Crippen molar-refractivity contribution in [2.24, 2.45) is 0 Å². The van der Waals surface area contributed by atoms with Crippen molar-refractivity contribution in [3.63, 3.8) is 0 Å². The molecule has 0 radical (unpaired) electrons. The van der Waals surface area contributed by atoms with Crippen molar-refractivity contribution >= 4 is 17.5 Å². The summed E-state index contributed by atoms with van der Waals surface area (Å²) in [5.74, 6) is -0.675. The molecule has 2 aromatic carbocycles. The molecule has 5 heteroatoms. The number of rotatable bonds is 5. The van der Waals surface area contributed by atoms with E-state index in [-0.39, 0.29) is 29.2 Å². The summed E-state index contributed by atoms with van der Waals surface area (Å²) in [5.41, 5.74) is 4.34. The van der Waals surface area contributed by atoms with Gasteiger partial charge in [-0.2, -0.15) is 0 Å². The summed E-state index contributed by atoms with van der Waals surface area (Å²) in [6.07, 6.45) is 0. The lowest BCUT2D eigenvalue weighted by atomic mass is 10.1. The molecule has 1 unspecified atom stereocenters. The van der Waals surface area contributed by atoms with Crippen molar-refractivity contribution in [3.05, 3.63) is 94.8 Å². The Labute approximate surface area is 164 Å². The van der Waals surface area contributed by atoms with Crippen LogP contribution in [0.15, 0.2) is 66.7 Å². The number of hydrogen-bond donors (Lipinski definition) is 2. The first kappa shape index (κ1) is 19.3. The van der Waals surface area contributed by atoms with E-state index in [0.717, 1.165) is 16.7 Å². The quantitative estimate of drug-likeness (QED) is 0.694. The smallest absolute Gasteiger partial charge is 0.274 e. The summed E-state index contributed by atoms with van der Waals surface area (Å²) in [5, 5.41) is 5.73. The molecule has 28 heavy (non-hydrogen) atoms. The molecule has 1 aromatic heterocycles. The number of amides is 2. The molecule has 1 atom stereocenters. The first-order chi connectivity index (χ1) is 13.4. The van der Waals surface area contributed by atoms with Gasteiger partial charge < -0.3 is 10.6 Å². The van der Waals surface area contributed by atoms with Crippen LogP contribution in [0.25, 0.3) is 0 Å². The number of hydrogen-bond acceptors (Lipinski definition) is 3. The number of benzene rings is 2. The first-order valence-electron chi connectivity index (χ1n) is 9.15. The number of nitrogens with zero attached hydrogens (tertiary/aromatic N) is 1. The fourth-order valence-electron chi connectivity index (χ4n) is 2.80. The lowest BCUT2D eigenvalue weighted by molar-refractivity contribution is 0.0934. The fourth-order valence-corrected chi connectivity index (χ4v) is 2.80. The highest BCUT2D eigenvalue weighted by Gasteiger charge is 2.15. The average molecular weight is 373 g/mol. The molecule has 0 saturated carbocycles. The Kier molecular flexibility index (Phi) is 5.84. The van der Waals surface area contributed by atoms with Crippen LogP contribution in [0.3, 0.4) is 0 Å². The normalized spacial score (nSPS) is 11.5. The zero-order valence-corrected chi connectivity index (χ0v) is 16.2. The third-order valence-corrected chi connectivity index (χ3v) is 4.63. The molecule has 0 aliphatic rings. The van der Waals surface area contributed by atoms with Crippen LogP contribution in [0.4, 0.5) is 5.69 Å². The Hall–Kier alpha value is -3.47. The number of carbonyl (C=O) groups is 2. The van der Waals surface area contributed by atoms with Crippen LogP contribution < -0.4 is 10.6 Å². The van der Waals surface area contributed by atoms with E-state index in [1.165, 1.54) is 0 Å². The van der Waals surface area contributed by atoms with Crippen LogP contribution in [0.1, 0.15) is 50.6 Å². The van der Waals surface area contributed by atoms with E-state index in [0.29, 0.717) is 5.69 Å². The fraction of sp³-hybridized carbons (Fsp3) is 0.174. The van der Waals surface area contributed by atoms with Crippen LogP contribution in [0, 0.1) is 13.8 Å². The van der Waals surface area contributed by atoms with Gasteiger partial charge in [0, 0.05) is 5.69 Å². The molecule has 2 N–H and O–H groups in total. The summed E-state index contributed by atoms with van der Waals surface area (Å²) in [4.78, 5) is 29.3.